The molecule has 0 aliphatic heterocycles. The molecule has 148 valence electrons. The third-order valence-electron chi connectivity index (χ3n) is 2.91. The first kappa shape index (κ1) is 23.5. The van der Waals surface area contributed by atoms with Gasteiger partial charge < -0.3 is 29.2 Å². The molecule has 0 aromatic heterocycles. The summed E-state index contributed by atoms with van der Waals surface area (Å²) in [5.74, 6) is -5.14. The normalized spacial score (nSPS) is 11.5. The number of esters is 2. The molecular formula is C16H24O10. The summed E-state index contributed by atoms with van der Waals surface area (Å²) >= 11 is 0. The highest BCUT2D eigenvalue weighted by atomic mass is 16.6. The molecule has 10 nitrogen and oxygen atoms in total. The Morgan fingerprint density at radius 2 is 1.00 bits per heavy atom. The van der Waals surface area contributed by atoms with Crippen molar-refractivity contribution in [3.8, 4) is 0 Å². The van der Waals surface area contributed by atoms with E-state index in [0.717, 1.165) is 0 Å². The Morgan fingerprint density at radius 3 is 1.27 bits per heavy atom. The Kier molecular flexibility index (Phi) is 12.5. The minimum Gasteiger partial charge on any atom is -0.478 e. The molecule has 0 rings (SSSR count). The molecule has 0 fully saturated rings. The van der Waals surface area contributed by atoms with Gasteiger partial charge in [-0.2, -0.15) is 0 Å². The molecule has 0 bridgehead atoms. The molecule has 0 radical (unpaired) electrons. The molecular weight excluding hydrogens is 352 g/mol. The first-order valence-corrected chi connectivity index (χ1v) is 7.98. The van der Waals surface area contributed by atoms with Crippen LogP contribution in [0.4, 0.5) is 0 Å². The quantitative estimate of drug-likeness (QED) is 0.248. The topological polar surface area (TPSA) is 146 Å². The molecule has 0 aliphatic rings. The van der Waals surface area contributed by atoms with Gasteiger partial charge in [0, 0.05) is 13.2 Å². The standard InChI is InChI=1S/C16H24O10/c1-3-23-5-7-25-13(17)9-11(15(19)20)12(16(21)22)10-14(18)26-8-6-24-4-2/h3-10H2,1-2H3,(H,19,20)(H,21,22). The molecule has 0 saturated carbocycles. The van der Waals surface area contributed by atoms with Crippen LogP contribution in [-0.2, 0) is 38.1 Å². The summed E-state index contributed by atoms with van der Waals surface area (Å²) in [6.45, 7) is 4.42. The lowest BCUT2D eigenvalue weighted by atomic mass is 10.0. The van der Waals surface area contributed by atoms with Gasteiger partial charge in [0.1, 0.15) is 13.2 Å². The van der Waals surface area contributed by atoms with Crippen molar-refractivity contribution in [2.75, 3.05) is 39.6 Å². The third kappa shape index (κ3) is 10.4. The van der Waals surface area contributed by atoms with Crippen molar-refractivity contribution in [2.24, 2.45) is 0 Å². The Morgan fingerprint density at radius 1 is 0.654 bits per heavy atom. The maximum Gasteiger partial charge on any atom is 0.332 e. The van der Waals surface area contributed by atoms with Gasteiger partial charge in [-0.15, -0.1) is 0 Å². The number of rotatable bonds is 14. The Balaban J connectivity index is 4.95. The summed E-state index contributed by atoms with van der Waals surface area (Å²) in [7, 11) is 0. The van der Waals surface area contributed by atoms with Crippen molar-refractivity contribution in [3.05, 3.63) is 11.1 Å². The zero-order valence-corrected chi connectivity index (χ0v) is 14.8. The van der Waals surface area contributed by atoms with E-state index >= 15 is 0 Å². The predicted molar refractivity (Wildman–Crippen MR) is 86.4 cm³/mol. The Hall–Kier alpha value is -2.46. The summed E-state index contributed by atoms with van der Waals surface area (Å²) in [6, 6.07) is 0. The fraction of sp³-hybridized carbons (Fsp3) is 0.625. The van der Waals surface area contributed by atoms with Gasteiger partial charge in [-0.1, -0.05) is 0 Å². The van der Waals surface area contributed by atoms with Crippen LogP contribution in [0.15, 0.2) is 11.1 Å². The van der Waals surface area contributed by atoms with Crippen LogP contribution in [0, 0.1) is 0 Å². The third-order valence-corrected chi connectivity index (χ3v) is 2.91. The van der Waals surface area contributed by atoms with Crippen LogP contribution < -0.4 is 0 Å². The highest BCUT2D eigenvalue weighted by molar-refractivity contribution is 6.04. The van der Waals surface area contributed by atoms with Gasteiger partial charge in [-0.05, 0) is 13.8 Å². The highest BCUT2D eigenvalue weighted by Crippen LogP contribution is 2.16. The second kappa shape index (κ2) is 13.8. The molecule has 0 spiro atoms. The van der Waals surface area contributed by atoms with Gasteiger partial charge in [0.05, 0.1) is 37.2 Å². The van der Waals surface area contributed by atoms with E-state index < -0.39 is 47.9 Å². The average molecular weight is 376 g/mol. The predicted octanol–water partition coefficient (Wildman–Crippen LogP) is 0.392. The summed E-state index contributed by atoms with van der Waals surface area (Å²) in [5, 5.41) is 18.4. The van der Waals surface area contributed by atoms with Gasteiger partial charge in [0.2, 0.25) is 0 Å². The molecule has 0 unspecified atom stereocenters. The zero-order valence-electron chi connectivity index (χ0n) is 14.8. The second-order valence-electron chi connectivity index (χ2n) is 4.76. The SMILES string of the molecule is CCOCCOC(=O)CC(C(=O)O)=C(CC(=O)OCCOCC)C(=O)O. The van der Waals surface area contributed by atoms with Crippen LogP contribution in [0.2, 0.25) is 0 Å². The monoisotopic (exact) mass is 376 g/mol. The largest absolute Gasteiger partial charge is 0.478 e. The molecule has 0 aromatic rings. The molecule has 0 amide bonds. The smallest absolute Gasteiger partial charge is 0.332 e. The second-order valence-corrected chi connectivity index (χ2v) is 4.76. The molecule has 2 N–H and O–H groups in total. The van der Waals surface area contributed by atoms with E-state index in [9.17, 15) is 29.4 Å². The Bertz CT molecular complexity index is 477. The van der Waals surface area contributed by atoms with Crippen molar-refractivity contribution in [1.29, 1.82) is 0 Å². The first-order chi connectivity index (χ1) is 12.3. The van der Waals surface area contributed by atoms with Crippen molar-refractivity contribution in [1.82, 2.24) is 0 Å². The van der Waals surface area contributed by atoms with Gasteiger partial charge in [-0.25, -0.2) is 9.59 Å². The highest BCUT2D eigenvalue weighted by Gasteiger charge is 2.26. The van der Waals surface area contributed by atoms with Crippen molar-refractivity contribution < 1.29 is 48.3 Å². The number of hydrogen-bond acceptors (Lipinski definition) is 8. The van der Waals surface area contributed by atoms with Gasteiger partial charge >= 0.3 is 23.9 Å². The molecule has 0 aliphatic carbocycles. The zero-order chi connectivity index (χ0) is 19.9. The molecule has 0 atom stereocenters. The summed E-state index contributed by atoms with van der Waals surface area (Å²) in [5.41, 5.74) is -1.47. The molecule has 0 aromatic carbocycles. The van der Waals surface area contributed by atoms with Crippen LogP contribution in [0.3, 0.4) is 0 Å². The molecule has 0 saturated heterocycles. The minimum absolute atomic E-state index is 0.0958. The number of aliphatic carboxylic acids is 2. The van der Waals surface area contributed by atoms with Crippen LogP contribution in [-0.4, -0.2) is 73.7 Å². The molecule has 10 heteroatoms. The van der Waals surface area contributed by atoms with E-state index in [4.69, 9.17) is 18.9 Å². The lowest BCUT2D eigenvalue weighted by Crippen LogP contribution is -2.20. The summed E-state index contributed by atoms with van der Waals surface area (Å²) in [4.78, 5) is 46.0. The van der Waals surface area contributed by atoms with Crippen molar-refractivity contribution in [3.63, 3.8) is 0 Å². The average Bonchev–Trinajstić information content (AvgIpc) is 2.58. The molecule has 0 heterocycles. The van der Waals surface area contributed by atoms with Gasteiger partial charge in [0.25, 0.3) is 0 Å². The van der Waals surface area contributed by atoms with E-state index in [-0.39, 0.29) is 26.4 Å². The number of ether oxygens (including phenoxy) is 4. The van der Waals surface area contributed by atoms with Crippen LogP contribution in [0.5, 0.6) is 0 Å². The number of carboxylic acid groups (broad SMARTS) is 2. The fourth-order valence-electron chi connectivity index (χ4n) is 1.73. The molecule has 26 heavy (non-hydrogen) atoms. The fourth-order valence-corrected chi connectivity index (χ4v) is 1.73. The van der Waals surface area contributed by atoms with Crippen LogP contribution in [0.25, 0.3) is 0 Å². The number of hydrogen-bond donors (Lipinski definition) is 2. The van der Waals surface area contributed by atoms with Crippen LogP contribution in [0.1, 0.15) is 26.7 Å². The Labute approximate surface area is 150 Å². The van der Waals surface area contributed by atoms with E-state index in [0.29, 0.717) is 13.2 Å². The van der Waals surface area contributed by atoms with Gasteiger partial charge in [-0.3, -0.25) is 9.59 Å². The van der Waals surface area contributed by atoms with E-state index in [2.05, 4.69) is 0 Å². The maximum absolute atomic E-state index is 11.7. The maximum atomic E-state index is 11.7. The first-order valence-electron chi connectivity index (χ1n) is 7.98. The van der Waals surface area contributed by atoms with Crippen LogP contribution >= 0.6 is 0 Å². The summed E-state index contributed by atoms with van der Waals surface area (Å²) < 4.78 is 19.4. The lowest BCUT2D eigenvalue weighted by molar-refractivity contribution is -0.147. The van der Waals surface area contributed by atoms with Crippen molar-refractivity contribution >= 4 is 23.9 Å². The lowest BCUT2D eigenvalue weighted by Gasteiger charge is -2.10. The van der Waals surface area contributed by atoms with E-state index in [1.54, 1.807) is 13.8 Å². The van der Waals surface area contributed by atoms with E-state index in [1.807, 2.05) is 0 Å². The number of carbonyl (C=O) groups is 4. The number of carbonyl (C=O) groups excluding carboxylic acids is 2. The van der Waals surface area contributed by atoms with Crippen molar-refractivity contribution in [2.45, 2.75) is 26.7 Å². The minimum atomic E-state index is -1.63. The summed E-state index contributed by atoms with van der Waals surface area (Å²) in [6.07, 6.45) is -1.59. The van der Waals surface area contributed by atoms with E-state index in [1.165, 1.54) is 0 Å². The number of carboxylic acids is 2. The van der Waals surface area contributed by atoms with Gasteiger partial charge in [0.15, 0.2) is 0 Å².